The fraction of sp³-hybridized carbons (Fsp3) is 0.435. The van der Waals surface area contributed by atoms with Crippen molar-refractivity contribution in [3.63, 3.8) is 0 Å². The van der Waals surface area contributed by atoms with Gasteiger partial charge in [-0.05, 0) is 54.7 Å². The van der Waals surface area contributed by atoms with Gasteiger partial charge in [0.1, 0.15) is 5.82 Å². The van der Waals surface area contributed by atoms with Crippen molar-refractivity contribution in [2.75, 3.05) is 18.6 Å². The van der Waals surface area contributed by atoms with Gasteiger partial charge in [0.05, 0.1) is 23.5 Å². The number of halogens is 1. The highest BCUT2D eigenvalue weighted by Gasteiger charge is 2.35. The van der Waals surface area contributed by atoms with Gasteiger partial charge >= 0.3 is 0 Å². The molecule has 0 bridgehead atoms. The van der Waals surface area contributed by atoms with E-state index in [1.807, 2.05) is 25.1 Å². The second kappa shape index (κ2) is 9.10. The van der Waals surface area contributed by atoms with Crippen LogP contribution >= 0.6 is 11.8 Å². The second-order valence-electron chi connectivity index (χ2n) is 8.24. The van der Waals surface area contributed by atoms with Crippen molar-refractivity contribution in [2.24, 2.45) is 5.92 Å². The van der Waals surface area contributed by atoms with Gasteiger partial charge in [-0.3, -0.25) is 4.79 Å². The molecule has 1 amide bonds. The lowest BCUT2D eigenvalue weighted by Crippen LogP contribution is -2.35. The lowest BCUT2D eigenvalue weighted by molar-refractivity contribution is -0.135. The zero-order chi connectivity index (χ0) is 22.1. The number of sulfone groups is 1. The lowest BCUT2D eigenvalue weighted by atomic mass is 10.0. The maximum absolute atomic E-state index is 14.8. The number of hydrogen-bond donors (Lipinski definition) is 0. The summed E-state index contributed by atoms with van der Waals surface area (Å²) in [5.74, 6) is -0.622. The molecule has 0 aromatic heterocycles. The van der Waals surface area contributed by atoms with Gasteiger partial charge in [0.2, 0.25) is 5.91 Å². The molecule has 0 unspecified atom stereocenters. The number of carbonyl (C=O) groups is 1. The monoisotopic (exact) mass is 449 g/mol. The Hall–Kier alpha value is -1.86. The number of benzene rings is 2. The third kappa shape index (κ3) is 5.24. The quantitative estimate of drug-likeness (QED) is 0.619. The average molecular weight is 450 g/mol. The zero-order valence-electron chi connectivity index (χ0n) is 17.8. The molecule has 0 aliphatic carbocycles. The number of rotatable bonds is 6. The summed E-state index contributed by atoms with van der Waals surface area (Å²) in [5.41, 5.74) is 1.93. The average Bonchev–Trinajstić information content (AvgIpc) is 3.08. The van der Waals surface area contributed by atoms with Crippen LogP contribution in [0.3, 0.4) is 0 Å². The first-order valence-corrected chi connectivity index (χ1v) is 12.8. The Morgan fingerprint density at radius 1 is 1.10 bits per heavy atom. The fourth-order valence-electron chi connectivity index (χ4n) is 3.60. The first-order chi connectivity index (χ1) is 14.1. The van der Waals surface area contributed by atoms with Gasteiger partial charge in [0.25, 0.3) is 0 Å². The zero-order valence-corrected chi connectivity index (χ0v) is 19.4. The van der Waals surface area contributed by atoms with Crippen LogP contribution in [0.2, 0.25) is 0 Å². The van der Waals surface area contributed by atoms with E-state index in [0.717, 1.165) is 4.90 Å². The standard InChI is InChI=1S/C23H28FNO3S2/c1-15(2)17-5-8-20(9-6-17)29-22-10-7-18(13-21(22)24)16(3)25(4)23(26)19-11-12-30(27,28)14-19/h5-10,13,15-16,19H,11-12,14H2,1-4H3/t16-,19-/m1/s1. The largest absolute Gasteiger partial charge is 0.339 e. The molecule has 2 aromatic rings. The van der Waals surface area contributed by atoms with E-state index in [0.29, 0.717) is 22.8 Å². The summed E-state index contributed by atoms with van der Waals surface area (Å²) in [4.78, 5) is 15.7. The number of carbonyl (C=O) groups excluding carboxylic acids is 1. The molecule has 1 aliphatic rings. The number of amides is 1. The molecule has 4 nitrogen and oxygen atoms in total. The van der Waals surface area contributed by atoms with Crippen molar-refractivity contribution in [3.8, 4) is 0 Å². The third-order valence-corrected chi connectivity index (χ3v) is 8.55. The molecule has 1 fully saturated rings. The van der Waals surface area contributed by atoms with E-state index in [1.165, 1.54) is 28.3 Å². The van der Waals surface area contributed by atoms with Crippen LogP contribution in [0.25, 0.3) is 0 Å². The first kappa shape index (κ1) is 22.8. The maximum atomic E-state index is 14.8. The predicted octanol–water partition coefficient (Wildman–Crippen LogP) is 5.05. The maximum Gasteiger partial charge on any atom is 0.226 e. The van der Waals surface area contributed by atoms with Crippen LogP contribution in [0.5, 0.6) is 0 Å². The van der Waals surface area contributed by atoms with Gasteiger partial charge in [0, 0.05) is 16.8 Å². The molecule has 1 aliphatic heterocycles. The Morgan fingerprint density at radius 3 is 2.27 bits per heavy atom. The van der Waals surface area contributed by atoms with Gasteiger partial charge in [0.15, 0.2) is 9.84 Å². The molecule has 1 heterocycles. The van der Waals surface area contributed by atoms with E-state index in [2.05, 4.69) is 26.0 Å². The second-order valence-corrected chi connectivity index (χ2v) is 11.6. The van der Waals surface area contributed by atoms with Crippen molar-refractivity contribution < 1.29 is 17.6 Å². The van der Waals surface area contributed by atoms with Crippen LogP contribution in [0, 0.1) is 11.7 Å². The van der Waals surface area contributed by atoms with Crippen LogP contribution in [-0.4, -0.2) is 37.8 Å². The summed E-state index contributed by atoms with van der Waals surface area (Å²) in [6.45, 7) is 6.10. The summed E-state index contributed by atoms with van der Waals surface area (Å²) in [6.07, 6.45) is 0.359. The third-order valence-electron chi connectivity index (χ3n) is 5.72. The molecule has 2 atom stereocenters. The predicted molar refractivity (Wildman–Crippen MR) is 119 cm³/mol. The first-order valence-electron chi connectivity index (χ1n) is 10.1. The summed E-state index contributed by atoms with van der Waals surface area (Å²) in [6, 6.07) is 12.8. The fourth-order valence-corrected chi connectivity index (χ4v) is 6.15. The van der Waals surface area contributed by atoms with Crippen molar-refractivity contribution >= 4 is 27.5 Å². The van der Waals surface area contributed by atoms with Gasteiger partial charge in [-0.1, -0.05) is 43.8 Å². The Morgan fingerprint density at radius 2 is 1.73 bits per heavy atom. The molecular weight excluding hydrogens is 421 g/mol. The van der Waals surface area contributed by atoms with E-state index in [-0.39, 0.29) is 29.3 Å². The summed E-state index contributed by atoms with van der Waals surface area (Å²) >= 11 is 1.37. The van der Waals surface area contributed by atoms with E-state index in [1.54, 1.807) is 13.1 Å². The van der Waals surface area contributed by atoms with Crippen molar-refractivity contribution in [2.45, 2.75) is 48.9 Å². The molecule has 30 heavy (non-hydrogen) atoms. The minimum absolute atomic E-state index is 0.0598. The molecule has 162 valence electrons. The van der Waals surface area contributed by atoms with E-state index in [4.69, 9.17) is 0 Å². The van der Waals surface area contributed by atoms with Crippen LogP contribution in [0.15, 0.2) is 52.3 Å². The van der Waals surface area contributed by atoms with Crippen molar-refractivity contribution in [1.29, 1.82) is 0 Å². The van der Waals surface area contributed by atoms with E-state index in [9.17, 15) is 17.6 Å². The van der Waals surface area contributed by atoms with Gasteiger partial charge in [-0.15, -0.1) is 0 Å². The van der Waals surface area contributed by atoms with Crippen LogP contribution in [-0.2, 0) is 14.6 Å². The van der Waals surface area contributed by atoms with Gasteiger partial charge in [-0.25, -0.2) is 12.8 Å². The van der Waals surface area contributed by atoms with Crippen LogP contribution in [0.1, 0.15) is 50.3 Å². The molecule has 0 radical (unpaired) electrons. The normalized spacial score (nSPS) is 19.1. The molecule has 3 rings (SSSR count). The Bertz CT molecular complexity index is 1020. The summed E-state index contributed by atoms with van der Waals surface area (Å²) in [5, 5.41) is 0. The molecular formula is C23H28FNO3S2. The molecule has 2 aromatic carbocycles. The Kier molecular flexibility index (Phi) is 6.92. The highest BCUT2D eigenvalue weighted by Crippen LogP contribution is 2.33. The van der Waals surface area contributed by atoms with Gasteiger partial charge < -0.3 is 4.90 Å². The molecule has 1 saturated heterocycles. The molecule has 0 N–H and O–H groups in total. The van der Waals surface area contributed by atoms with Crippen LogP contribution < -0.4 is 0 Å². The smallest absolute Gasteiger partial charge is 0.226 e. The minimum Gasteiger partial charge on any atom is -0.339 e. The minimum atomic E-state index is -3.12. The molecule has 7 heteroatoms. The number of nitrogens with zero attached hydrogens (tertiary/aromatic N) is 1. The molecule has 0 spiro atoms. The Balaban J connectivity index is 1.70. The van der Waals surface area contributed by atoms with Crippen molar-refractivity contribution in [3.05, 3.63) is 59.4 Å². The lowest BCUT2D eigenvalue weighted by Gasteiger charge is -2.27. The van der Waals surface area contributed by atoms with Gasteiger partial charge in [-0.2, -0.15) is 0 Å². The van der Waals surface area contributed by atoms with E-state index >= 15 is 0 Å². The SMILES string of the molecule is CC(C)c1ccc(Sc2ccc([C@@H](C)N(C)C(=O)[C@@H]3CCS(=O)(=O)C3)cc2F)cc1. The Labute approximate surface area is 182 Å². The summed E-state index contributed by atoms with van der Waals surface area (Å²) in [7, 11) is -1.48. The van der Waals surface area contributed by atoms with E-state index < -0.39 is 15.8 Å². The topological polar surface area (TPSA) is 54.5 Å². The molecule has 0 saturated carbocycles. The summed E-state index contributed by atoms with van der Waals surface area (Å²) < 4.78 is 38.1. The number of hydrogen-bond acceptors (Lipinski definition) is 4. The highest BCUT2D eigenvalue weighted by molar-refractivity contribution is 7.99. The highest BCUT2D eigenvalue weighted by atomic mass is 32.2. The van der Waals surface area contributed by atoms with Crippen molar-refractivity contribution in [1.82, 2.24) is 4.90 Å². The van der Waals surface area contributed by atoms with Crippen LogP contribution in [0.4, 0.5) is 4.39 Å².